The van der Waals surface area contributed by atoms with Gasteiger partial charge in [-0.15, -0.1) is 0 Å². The standard InChI is InChI=1S/C29H29F3N6O5/c1-16(18-10-20(29(30,31)32)12-21(11-18)38(41)42)35-25-23-13-22(26(39)36(5)24(23)19(14-33)15-34-25)17-6-8-37(9-7-17)27(40)43-28(2,3)4/h6,10-13,15-16H,7-9H2,1-5H3,(H,34,35)/t16-/m1/s1. The third-order valence-corrected chi connectivity index (χ3v) is 6.91. The zero-order chi connectivity index (χ0) is 31.9. The number of nitro groups is 1. The summed E-state index contributed by atoms with van der Waals surface area (Å²) in [6.07, 6.45) is -1.95. The number of hydrogen-bond donors (Lipinski definition) is 1. The van der Waals surface area contributed by atoms with Gasteiger partial charge in [0.1, 0.15) is 17.5 Å². The van der Waals surface area contributed by atoms with E-state index in [2.05, 4.69) is 10.3 Å². The lowest BCUT2D eigenvalue weighted by Gasteiger charge is -2.29. The van der Waals surface area contributed by atoms with E-state index in [-0.39, 0.29) is 34.6 Å². The van der Waals surface area contributed by atoms with Crippen LogP contribution < -0.4 is 10.9 Å². The smallest absolute Gasteiger partial charge is 0.416 e. The second-order valence-corrected chi connectivity index (χ2v) is 11.2. The van der Waals surface area contributed by atoms with Gasteiger partial charge in [0.2, 0.25) is 0 Å². The molecule has 226 valence electrons. The molecule has 3 heterocycles. The third-order valence-electron chi connectivity index (χ3n) is 6.91. The Bertz CT molecular complexity index is 1750. The van der Waals surface area contributed by atoms with E-state index in [4.69, 9.17) is 4.74 Å². The molecule has 1 aromatic carbocycles. The van der Waals surface area contributed by atoms with Crippen LogP contribution in [0.4, 0.5) is 29.5 Å². The number of fused-ring (bicyclic) bond motifs is 1. The summed E-state index contributed by atoms with van der Waals surface area (Å²) in [7, 11) is 1.49. The van der Waals surface area contributed by atoms with Crippen molar-refractivity contribution in [3.05, 3.63) is 79.3 Å². The predicted octanol–water partition coefficient (Wildman–Crippen LogP) is 5.93. The van der Waals surface area contributed by atoms with Crippen LogP contribution in [0.5, 0.6) is 0 Å². The molecule has 0 fully saturated rings. The maximum absolute atomic E-state index is 13.5. The Morgan fingerprint density at radius 1 is 1.23 bits per heavy atom. The lowest BCUT2D eigenvalue weighted by Crippen LogP contribution is -2.39. The zero-order valence-electron chi connectivity index (χ0n) is 24.1. The largest absolute Gasteiger partial charge is 0.444 e. The lowest BCUT2D eigenvalue weighted by molar-refractivity contribution is -0.385. The fraction of sp³-hybridized carbons (Fsp3) is 0.379. The molecule has 0 saturated carbocycles. The number of alkyl halides is 3. The number of benzene rings is 1. The first-order valence-corrected chi connectivity index (χ1v) is 13.2. The monoisotopic (exact) mass is 598 g/mol. The molecule has 3 aromatic rings. The second-order valence-electron chi connectivity index (χ2n) is 11.2. The van der Waals surface area contributed by atoms with Crippen molar-refractivity contribution >= 4 is 34.1 Å². The molecule has 0 spiro atoms. The Balaban J connectivity index is 1.76. The van der Waals surface area contributed by atoms with E-state index in [1.54, 1.807) is 32.9 Å². The van der Waals surface area contributed by atoms with E-state index >= 15 is 0 Å². The van der Waals surface area contributed by atoms with Crippen LogP contribution in [0.15, 0.2) is 41.3 Å². The van der Waals surface area contributed by atoms with E-state index in [9.17, 15) is 38.1 Å². The summed E-state index contributed by atoms with van der Waals surface area (Å²) in [5, 5.41) is 24.4. The maximum Gasteiger partial charge on any atom is 0.416 e. The van der Waals surface area contributed by atoms with E-state index in [0.717, 1.165) is 12.1 Å². The van der Waals surface area contributed by atoms with Crippen LogP contribution in [-0.4, -0.2) is 44.2 Å². The highest BCUT2D eigenvalue weighted by atomic mass is 19.4. The topological polar surface area (TPSA) is 143 Å². The maximum atomic E-state index is 13.5. The van der Waals surface area contributed by atoms with Gasteiger partial charge in [-0.05, 0) is 57.4 Å². The predicted molar refractivity (Wildman–Crippen MR) is 152 cm³/mol. The highest BCUT2D eigenvalue weighted by Crippen LogP contribution is 2.36. The van der Waals surface area contributed by atoms with Crippen molar-refractivity contribution in [1.82, 2.24) is 14.5 Å². The molecule has 1 N–H and O–H groups in total. The number of ether oxygens (including phenoxy) is 1. The van der Waals surface area contributed by atoms with Gasteiger partial charge in [0.15, 0.2) is 0 Å². The summed E-state index contributed by atoms with van der Waals surface area (Å²) in [5.41, 5.74) is -1.63. The number of nitro benzene ring substituents is 1. The number of aromatic nitrogens is 2. The molecule has 43 heavy (non-hydrogen) atoms. The molecule has 4 rings (SSSR count). The van der Waals surface area contributed by atoms with Crippen LogP contribution >= 0.6 is 0 Å². The fourth-order valence-electron chi connectivity index (χ4n) is 4.78. The van der Waals surface area contributed by atoms with E-state index in [1.807, 2.05) is 6.07 Å². The highest BCUT2D eigenvalue weighted by Gasteiger charge is 2.33. The number of nitriles is 1. The van der Waals surface area contributed by atoms with Crippen LogP contribution in [0.1, 0.15) is 62.4 Å². The van der Waals surface area contributed by atoms with Crippen LogP contribution in [0.25, 0.3) is 16.5 Å². The van der Waals surface area contributed by atoms with Crippen LogP contribution in [-0.2, 0) is 18.0 Å². The number of pyridine rings is 2. The Morgan fingerprint density at radius 3 is 2.49 bits per heavy atom. The second kappa shape index (κ2) is 11.4. The molecule has 1 aliphatic rings. The summed E-state index contributed by atoms with van der Waals surface area (Å²) < 4.78 is 47.2. The van der Waals surface area contributed by atoms with Gasteiger partial charge >= 0.3 is 12.3 Å². The number of non-ortho nitro benzene ring substituents is 1. The molecule has 0 saturated heterocycles. The lowest BCUT2D eigenvalue weighted by atomic mass is 9.98. The zero-order valence-corrected chi connectivity index (χ0v) is 24.1. The molecule has 0 unspecified atom stereocenters. The summed E-state index contributed by atoms with van der Waals surface area (Å²) in [6.45, 7) is 7.31. The van der Waals surface area contributed by atoms with Crippen molar-refractivity contribution in [2.75, 3.05) is 18.4 Å². The van der Waals surface area contributed by atoms with E-state index < -0.39 is 40.1 Å². The molecular weight excluding hydrogens is 569 g/mol. The number of hydrogen-bond acceptors (Lipinski definition) is 8. The minimum atomic E-state index is -4.81. The van der Waals surface area contributed by atoms with Crippen molar-refractivity contribution in [3.63, 3.8) is 0 Å². The Hall–Kier alpha value is -4.93. The number of nitrogens with one attached hydrogen (secondary N) is 1. The minimum absolute atomic E-state index is 0.0110. The number of carbonyl (C=O) groups excluding carboxylic acids is 1. The molecular formula is C29H29F3N6O5. The van der Waals surface area contributed by atoms with Gasteiger partial charge in [-0.25, -0.2) is 9.78 Å². The van der Waals surface area contributed by atoms with Gasteiger partial charge in [0.25, 0.3) is 11.2 Å². The molecule has 1 aliphatic heterocycles. The molecule has 14 heteroatoms. The molecule has 0 bridgehead atoms. The highest BCUT2D eigenvalue weighted by molar-refractivity contribution is 5.95. The number of nitrogens with zero attached hydrogens (tertiary/aromatic N) is 5. The van der Waals surface area contributed by atoms with Crippen LogP contribution in [0.2, 0.25) is 0 Å². The van der Waals surface area contributed by atoms with Crippen molar-refractivity contribution in [1.29, 1.82) is 5.26 Å². The molecule has 1 atom stereocenters. The van der Waals surface area contributed by atoms with E-state index in [1.165, 1.54) is 29.6 Å². The average Bonchev–Trinajstić information content (AvgIpc) is 2.93. The Labute approximate surface area is 244 Å². The number of rotatable bonds is 5. The van der Waals surface area contributed by atoms with Crippen LogP contribution in [0, 0.1) is 21.4 Å². The van der Waals surface area contributed by atoms with Gasteiger partial charge in [-0.1, -0.05) is 6.08 Å². The Morgan fingerprint density at radius 2 is 1.93 bits per heavy atom. The summed E-state index contributed by atoms with van der Waals surface area (Å²) in [4.78, 5) is 42.2. The van der Waals surface area contributed by atoms with Crippen LogP contribution in [0.3, 0.4) is 0 Å². The molecule has 0 aliphatic carbocycles. The minimum Gasteiger partial charge on any atom is -0.444 e. The first-order chi connectivity index (χ1) is 20.0. The SMILES string of the molecule is C[C@@H](Nc1ncc(C#N)c2c1cc(C1=CCN(C(=O)OC(C)(C)C)CC1)c(=O)n2C)c1cc([N+](=O)[O-])cc(C(F)(F)F)c1. The quantitative estimate of drug-likeness (QED) is 0.281. The first kappa shape index (κ1) is 31.0. The number of aryl methyl sites for hydroxylation is 1. The molecule has 1 amide bonds. The van der Waals surface area contributed by atoms with Gasteiger partial charge in [0.05, 0.1) is 27.6 Å². The molecule has 0 radical (unpaired) electrons. The van der Waals surface area contributed by atoms with Crippen molar-refractivity contribution in [3.8, 4) is 6.07 Å². The average molecular weight is 599 g/mol. The van der Waals surface area contributed by atoms with Gasteiger partial charge < -0.3 is 19.5 Å². The number of anilines is 1. The van der Waals surface area contributed by atoms with Crippen molar-refractivity contribution in [2.24, 2.45) is 7.05 Å². The summed E-state index contributed by atoms with van der Waals surface area (Å²) in [5.74, 6) is 0.158. The van der Waals surface area contributed by atoms with Gasteiger partial charge in [-0.3, -0.25) is 14.9 Å². The number of amides is 1. The van der Waals surface area contributed by atoms with Crippen molar-refractivity contribution < 1.29 is 27.6 Å². The summed E-state index contributed by atoms with van der Waals surface area (Å²) >= 11 is 0. The third kappa shape index (κ3) is 6.61. The van der Waals surface area contributed by atoms with Gasteiger partial charge in [0, 0.05) is 49.4 Å². The normalized spacial score (nSPS) is 14.6. The van der Waals surface area contributed by atoms with Gasteiger partial charge in [-0.2, -0.15) is 18.4 Å². The number of halogens is 3. The first-order valence-electron chi connectivity index (χ1n) is 13.2. The Kier molecular flexibility index (Phi) is 8.22. The fourth-order valence-corrected chi connectivity index (χ4v) is 4.78. The number of carbonyl (C=O) groups is 1. The van der Waals surface area contributed by atoms with Crippen molar-refractivity contribution in [2.45, 2.75) is 51.9 Å². The molecule has 2 aromatic heterocycles. The molecule has 11 nitrogen and oxygen atoms in total. The summed E-state index contributed by atoms with van der Waals surface area (Å²) in [6, 6.07) is 5.01. The van der Waals surface area contributed by atoms with E-state index in [0.29, 0.717) is 35.6 Å².